The number of hydrogen-bond acceptors (Lipinski definition) is 5. The Hall–Kier alpha value is -2.08. The molecule has 100 valence electrons. The number of nitrogens with zero attached hydrogens (tertiary/aromatic N) is 1. The zero-order valence-corrected chi connectivity index (χ0v) is 11.8. The molecule has 0 radical (unpaired) electrons. The SMILES string of the molecule is COc1ccc(NC(C)=O)cc1-c1nc(C)sc1N. The highest BCUT2D eigenvalue weighted by Gasteiger charge is 2.14. The van der Waals surface area contributed by atoms with Gasteiger partial charge >= 0.3 is 0 Å². The van der Waals surface area contributed by atoms with Gasteiger partial charge in [-0.15, -0.1) is 11.3 Å². The fourth-order valence-corrected chi connectivity index (χ4v) is 2.52. The molecule has 3 N–H and O–H groups in total. The van der Waals surface area contributed by atoms with E-state index >= 15 is 0 Å². The lowest BCUT2D eigenvalue weighted by Gasteiger charge is -2.10. The number of nitrogens with two attached hydrogens (primary N) is 1. The fourth-order valence-electron chi connectivity index (χ4n) is 1.81. The van der Waals surface area contributed by atoms with E-state index in [9.17, 15) is 4.79 Å². The number of aryl methyl sites for hydroxylation is 1. The van der Waals surface area contributed by atoms with Crippen LogP contribution >= 0.6 is 11.3 Å². The topological polar surface area (TPSA) is 77.2 Å². The molecule has 0 fully saturated rings. The molecule has 2 aromatic rings. The summed E-state index contributed by atoms with van der Waals surface area (Å²) in [7, 11) is 1.59. The van der Waals surface area contributed by atoms with Crippen LogP contribution in [0.2, 0.25) is 0 Å². The maximum atomic E-state index is 11.1. The lowest BCUT2D eigenvalue weighted by molar-refractivity contribution is -0.114. The number of thiazole rings is 1. The summed E-state index contributed by atoms with van der Waals surface area (Å²) in [5.41, 5.74) is 8.11. The van der Waals surface area contributed by atoms with Crippen LogP contribution in [0.5, 0.6) is 5.75 Å². The van der Waals surface area contributed by atoms with Crippen molar-refractivity contribution in [2.24, 2.45) is 0 Å². The van der Waals surface area contributed by atoms with Gasteiger partial charge in [-0.3, -0.25) is 4.79 Å². The molecule has 1 amide bonds. The predicted molar refractivity (Wildman–Crippen MR) is 77.6 cm³/mol. The lowest BCUT2D eigenvalue weighted by atomic mass is 10.1. The Balaban J connectivity index is 2.53. The molecular weight excluding hydrogens is 262 g/mol. The Morgan fingerprint density at radius 2 is 2.21 bits per heavy atom. The number of ether oxygens (including phenoxy) is 1. The molecule has 0 bridgehead atoms. The monoisotopic (exact) mass is 277 g/mol. The van der Waals surface area contributed by atoms with E-state index in [0.717, 1.165) is 10.6 Å². The molecule has 0 aliphatic heterocycles. The highest BCUT2D eigenvalue weighted by Crippen LogP contribution is 2.37. The minimum Gasteiger partial charge on any atom is -0.496 e. The summed E-state index contributed by atoms with van der Waals surface area (Å²) in [5, 5.41) is 4.26. The van der Waals surface area contributed by atoms with Crippen molar-refractivity contribution in [1.82, 2.24) is 4.98 Å². The van der Waals surface area contributed by atoms with E-state index in [4.69, 9.17) is 10.5 Å². The number of nitrogen functional groups attached to an aromatic ring is 1. The van der Waals surface area contributed by atoms with E-state index in [1.807, 2.05) is 13.0 Å². The van der Waals surface area contributed by atoms with Crippen molar-refractivity contribution < 1.29 is 9.53 Å². The molecule has 0 saturated carbocycles. The molecule has 2 rings (SSSR count). The lowest BCUT2D eigenvalue weighted by Crippen LogP contribution is -2.06. The molecule has 1 heterocycles. The fraction of sp³-hybridized carbons (Fsp3) is 0.231. The van der Waals surface area contributed by atoms with Crippen molar-refractivity contribution in [2.45, 2.75) is 13.8 Å². The van der Waals surface area contributed by atoms with Gasteiger partial charge in [-0.25, -0.2) is 4.98 Å². The average Bonchev–Trinajstić information content (AvgIpc) is 2.67. The second kappa shape index (κ2) is 5.27. The molecule has 0 spiro atoms. The molecule has 5 nitrogen and oxygen atoms in total. The molecule has 1 aromatic carbocycles. The standard InChI is InChI=1S/C13H15N3O2S/c1-7(17)15-9-4-5-11(18-3)10(6-9)12-13(14)19-8(2)16-12/h4-6H,14H2,1-3H3,(H,15,17). The Labute approximate surface area is 115 Å². The van der Waals surface area contributed by atoms with Crippen molar-refractivity contribution in [2.75, 3.05) is 18.2 Å². The van der Waals surface area contributed by atoms with Gasteiger partial charge in [0.2, 0.25) is 5.91 Å². The molecule has 0 atom stereocenters. The zero-order chi connectivity index (χ0) is 14.0. The Bertz CT molecular complexity index is 622. The van der Waals surface area contributed by atoms with Crippen LogP contribution in [0.3, 0.4) is 0 Å². The van der Waals surface area contributed by atoms with E-state index in [1.165, 1.54) is 18.3 Å². The summed E-state index contributed by atoms with van der Waals surface area (Å²) < 4.78 is 5.32. The minimum absolute atomic E-state index is 0.126. The molecule has 0 aliphatic carbocycles. The van der Waals surface area contributed by atoms with Crippen molar-refractivity contribution in [3.63, 3.8) is 0 Å². The first-order valence-corrected chi connectivity index (χ1v) is 6.52. The largest absolute Gasteiger partial charge is 0.496 e. The van der Waals surface area contributed by atoms with Crippen molar-refractivity contribution in [3.05, 3.63) is 23.2 Å². The first kappa shape index (κ1) is 13.4. The molecule has 1 aromatic heterocycles. The molecule has 6 heteroatoms. The van der Waals surface area contributed by atoms with Gasteiger partial charge < -0.3 is 15.8 Å². The van der Waals surface area contributed by atoms with E-state index in [-0.39, 0.29) is 5.91 Å². The Morgan fingerprint density at radius 3 is 2.74 bits per heavy atom. The van der Waals surface area contributed by atoms with Crippen LogP contribution in [0.1, 0.15) is 11.9 Å². The van der Waals surface area contributed by atoms with Gasteiger partial charge in [0.25, 0.3) is 0 Å². The number of carbonyl (C=O) groups excluding carboxylic acids is 1. The van der Waals surface area contributed by atoms with E-state index < -0.39 is 0 Å². The number of benzene rings is 1. The molecule has 19 heavy (non-hydrogen) atoms. The number of aromatic nitrogens is 1. The second-order valence-corrected chi connectivity index (χ2v) is 5.28. The normalized spacial score (nSPS) is 10.3. The van der Waals surface area contributed by atoms with Crippen LogP contribution in [-0.2, 0) is 4.79 Å². The summed E-state index contributed by atoms with van der Waals surface area (Å²) in [6, 6.07) is 5.37. The van der Waals surface area contributed by atoms with Crippen LogP contribution in [-0.4, -0.2) is 18.0 Å². The number of hydrogen-bond donors (Lipinski definition) is 2. The number of carbonyl (C=O) groups is 1. The smallest absolute Gasteiger partial charge is 0.221 e. The van der Waals surface area contributed by atoms with E-state index in [2.05, 4.69) is 10.3 Å². The van der Waals surface area contributed by atoms with Gasteiger partial charge in [-0.05, 0) is 25.1 Å². The Kier molecular flexibility index (Phi) is 3.71. The Morgan fingerprint density at radius 1 is 1.47 bits per heavy atom. The highest BCUT2D eigenvalue weighted by molar-refractivity contribution is 7.16. The van der Waals surface area contributed by atoms with Crippen molar-refractivity contribution >= 4 is 27.9 Å². The van der Waals surface area contributed by atoms with Crippen LogP contribution in [0.15, 0.2) is 18.2 Å². The molecule has 0 aliphatic rings. The summed E-state index contributed by atoms with van der Waals surface area (Å²) in [5.74, 6) is 0.546. The van der Waals surface area contributed by atoms with Gasteiger partial charge in [0, 0.05) is 18.2 Å². The molecule has 0 unspecified atom stereocenters. The zero-order valence-electron chi connectivity index (χ0n) is 11.0. The van der Waals surface area contributed by atoms with E-state index in [1.54, 1.807) is 19.2 Å². The predicted octanol–water partition coefficient (Wildman–Crippen LogP) is 2.67. The number of rotatable bonds is 3. The summed E-state index contributed by atoms with van der Waals surface area (Å²) in [6.45, 7) is 3.36. The van der Waals surface area contributed by atoms with Gasteiger partial charge in [-0.1, -0.05) is 0 Å². The maximum absolute atomic E-state index is 11.1. The molecular formula is C13H15N3O2S. The van der Waals surface area contributed by atoms with Gasteiger partial charge in [0.1, 0.15) is 16.4 Å². The average molecular weight is 277 g/mol. The quantitative estimate of drug-likeness (QED) is 0.904. The highest BCUT2D eigenvalue weighted by atomic mass is 32.1. The molecule has 0 saturated heterocycles. The van der Waals surface area contributed by atoms with Crippen LogP contribution in [0.25, 0.3) is 11.3 Å². The number of anilines is 2. The van der Waals surface area contributed by atoms with Crippen LogP contribution < -0.4 is 15.8 Å². The second-order valence-electron chi connectivity index (χ2n) is 4.04. The minimum atomic E-state index is -0.126. The summed E-state index contributed by atoms with van der Waals surface area (Å²) >= 11 is 1.43. The third-order valence-electron chi connectivity index (χ3n) is 2.54. The maximum Gasteiger partial charge on any atom is 0.221 e. The van der Waals surface area contributed by atoms with E-state index in [0.29, 0.717) is 22.1 Å². The summed E-state index contributed by atoms with van der Waals surface area (Å²) in [6.07, 6.45) is 0. The van der Waals surface area contributed by atoms with Gasteiger partial charge in [-0.2, -0.15) is 0 Å². The van der Waals surface area contributed by atoms with Crippen LogP contribution in [0.4, 0.5) is 10.7 Å². The van der Waals surface area contributed by atoms with Crippen molar-refractivity contribution in [1.29, 1.82) is 0 Å². The first-order valence-electron chi connectivity index (χ1n) is 5.70. The third kappa shape index (κ3) is 2.85. The number of methoxy groups -OCH3 is 1. The first-order chi connectivity index (χ1) is 9.01. The van der Waals surface area contributed by atoms with Crippen LogP contribution in [0, 0.1) is 6.92 Å². The van der Waals surface area contributed by atoms with Gasteiger partial charge in [0.05, 0.1) is 12.1 Å². The van der Waals surface area contributed by atoms with Gasteiger partial charge in [0.15, 0.2) is 0 Å². The third-order valence-corrected chi connectivity index (χ3v) is 3.34. The number of amides is 1. The van der Waals surface area contributed by atoms with Crippen molar-refractivity contribution in [3.8, 4) is 17.0 Å². The number of nitrogens with one attached hydrogen (secondary N) is 1. The summed E-state index contributed by atoms with van der Waals surface area (Å²) in [4.78, 5) is 15.5.